The van der Waals surface area contributed by atoms with E-state index in [0.29, 0.717) is 21.7 Å². The summed E-state index contributed by atoms with van der Waals surface area (Å²) in [6, 6.07) is 3.96. The van der Waals surface area contributed by atoms with Crippen LogP contribution in [0.2, 0.25) is 5.02 Å². The van der Waals surface area contributed by atoms with Crippen molar-refractivity contribution in [2.75, 3.05) is 7.11 Å². The molecule has 5 nitrogen and oxygen atoms in total. The summed E-state index contributed by atoms with van der Waals surface area (Å²) in [6.45, 7) is 0. The van der Waals surface area contributed by atoms with E-state index in [4.69, 9.17) is 21.4 Å². The first-order valence-electron chi connectivity index (χ1n) is 4.67. The van der Waals surface area contributed by atoms with Gasteiger partial charge in [0, 0.05) is 17.5 Å². The van der Waals surface area contributed by atoms with Crippen LogP contribution in [-0.4, -0.2) is 23.2 Å². The van der Waals surface area contributed by atoms with Crippen molar-refractivity contribution >= 4 is 28.5 Å². The van der Waals surface area contributed by atoms with E-state index in [1.165, 1.54) is 19.2 Å². The molecule has 6 heteroatoms. The number of carbonyl (C=O) groups is 1. The molecular weight excluding hydrogens is 246 g/mol. The number of pyridine rings is 1. The molecule has 1 heterocycles. The molecule has 0 bridgehead atoms. The number of methoxy groups -OCH3 is 1. The Morgan fingerprint density at radius 1 is 1.41 bits per heavy atom. The third-order valence-corrected chi connectivity index (χ3v) is 2.63. The molecule has 0 amide bonds. The normalized spacial score (nSPS) is 10.5. The summed E-state index contributed by atoms with van der Waals surface area (Å²) in [5.74, 6) is -0.824. The van der Waals surface area contributed by atoms with Gasteiger partial charge in [-0.15, -0.1) is 0 Å². The molecule has 0 atom stereocenters. The van der Waals surface area contributed by atoms with Crippen LogP contribution in [0.1, 0.15) is 10.5 Å². The molecule has 88 valence electrons. The van der Waals surface area contributed by atoms with E-state index >= 15 is 0 Å². The highest BCUT2D eigenvalue weighted by Gasteiger charge is 2.10. The van der Waals surface area contributed by atoms with Gasteiger partial charge in [-0.05, 0) is 6.07 Å². The molecular formula is C11H8ClNO4. The predicted octanol–water partition coefficient (Wildman–Crippen LogP) is 1.89. The minimum atomic E-state index is -1.20. The van der Waals surface area contributed by atoms with Crippen molar-refractivity contribution < 1.29 is 14.6 Å². The van der Waals surface area contributed by atoms with Crippen LogP contribution < -0.4 is 10.2 Å². The van der Waals surface area contributed by atoms with E-state index in [9.17, 15) is 9.59 Å². The topological polar surface area (TPSA) is 79.4 Å². The molecule has 0 saturated carbocycles. The van der Waals surface area contributed by atoms with Gasteiger partial charge in [-0.2, -0.15) is 0 Å². The number of aromatic amines is 1. The molecule has 0 saturated heterocycles. The SMILES string of the molecule is COc1cc2[nH]c(C(=O)O)cc(=O)c2cc1Cl. The molecule has 1 aromatic heterocycles. The van der Waals surface area contributed by atoms with Crippen molar-refractivity contribution in [1.29, 1.82) is 0 Å². The van der Waals surface area contributed by atoms with Gasteiger partial charge < -0.3 is 14.8 Å². The van der Waals surface area contributed by atoms with Crippen molar-refractivity contribution in [1.82, 2.24) is 4.98 Å². The highest BCUT2D eigenvalue weighted by Crippen LogP contribution is 2.27. The zero-order valence-electron chi connectivity index (χ0n) is 8.78. The summed E-state index contributed by atoms with van der Waals surface area (Å²) in [7, 11) is 1.44. The molecule has 2 aromatic rings. The van der Waals surface area contributed by atoms with E-state index < -0.39 is 11.4 Å². The molecule has 0 spiro atoms. The lowest BCUT2D eigenvalue weighted by atomic mass is 10.2. The van der Waals surface area contributed by atoms with E-state index in [2.05, 4.69) is 4.98 Å². The summed E-state index contributed by atoms with van der Waals surface area (Å²) in [6.07, 6.45) is 0. The fraction of sp³-hybridized carbons (Fsp3) is 0.0909. The number of hydrogen-bond acceptors (Lipinski definition) is 3. The molecule has 17 heavy (non-hydrogen) atoms. The number of aromatic carboxylic acids is 1. The monoisotopic (exact) mass is 253 g/mol. The van der Waals surface area contributed by atoms with Crippen LogP contribution in [0.25, 0.3) is 10.9 Å². The van der Waals surface area contributed by atoms with Crippen LogP contribution >= 0.6 is 11.6 Å². The number of ether oxygens (including phenoxy) is 1. The van der Waals surface area contributed by atoms with Gasteiger partial charge >= 0.3 is 5.97 Å². The number of H-pyrrole nitrogens is 1. The van der Waals surface area contributed by atoms with Gasteiger partial charge in [0.15, 0.2) is 5.43 Å². The fourth-order valence-corrected chi connectivity index (χ4v) is 1.76. The van der Waals surface area contributed by atoms with Gasteiger partial charge in [-0.3, -0.25) is 4.79 Å². The van der Waals surface area contributed by atoms with E-state index in [1.807, 2.05) is 0 Å². The Morgan fingerprint density at radius 2 is 2.12 bits per heavy atom. The summed E-state index contributed by atoms with van der Waals surface area (Å²) >= 11 is 5.88. The Kier molecular flexibility index (Phi) is 2.77. The molecule has 2 rings (SSSR count). The zero-order chi connectivity index (χ0) is 12.6. The molecule has 0 aliphatic carbocycles. The average molecular weight is 254 g/mol. The molecule has 2 N–H and O–H groups in total. The smallest absolute Gasteiger partial charge is 0.352 e. The third-order valence-electron chi connectivity index (χ3n) is 2.33. The van der Waals surface area contributed by atoms with E-state index in [1.54, 1.807) is 0 Å². The second-order valence-electron chi connectivity index (χ2n) is 3.38. The largest absolute Gasteiger partial charge is 0.495 e. The summed E-state index contributed by atoms with van der Waals surface area (Å²) < 4.78 is 4.99. The summed E-state index contributed by atoms with van der Waals surface area (Å²) in [5, 5.41) is 9.44. The first-order valence-corrected chi connectivity index (χ1v) is 5.04. The number of carboxylic acid groups (broad SMARTS) is 1. The number of benzene rings is 1. The second kappa shape index (κ2) is 4.10. The number of fused-ring (bicyclic) bond motifs is 1. The number of hydrogen-bond donors (Lipinski definition) is 2. The van der Waals surface area contributed by atoms with Crippen LogP contribution in [-0.2, 0) is 0 Å². The van der Waals surface area contributed by atoms with E-state index in [-0.39, 0.29) is 5.69 Å². The lowest BCUT2D eigenvalue weighted by molar-refractivity contribution is 0.0691. The number of rotatable bonds is 2. The zero-order valence-corrected chi connectivity index (χ0v) is 9.54. The molecule has 1 aromatic carbocycles. The number of halogens is 1. The highest BCUT2D eigenvalue weighted by molar-refractivity contribution is 6.32. The van der Waals surface area contributed by atoms with Gasteiger partial charge in [-0.25, -0.2) is 4.79 Å². The van der Waals surface area contributed by atoms with Crippen LogP contribution in [0.5, 0.6) is 5.75 Å². The lowest BCUT2D eigenvalue weighted by Gasteiger charge is -2.05. The lowest BCUT2D eigenvalue weighted by Crippen LogP contribution is -2.09. The molecule has 0 aliphatic rings. The van der Waals surface area contributed by atoms with Gasteiger partial charge in [0.1, 0.15) is 11.4 Å². The molecule has 0 aliphatic heterocycles. The highest BCUT2D eigenvalue weighted by atomic mass is 35.5. The molecule has 0 radical (unpaired) electrons. The minimum absolute atomic E-state index is 0.174. The van der Waals surface area contributed by atoms with Crippen LogP contribution in [0, 0.1) is 0 Å². The van der Waals surface area contributed by atoms with Crippen LogP contribution in [0.3, 0.4) is 0 Å². The Morgan fingerprint density at radius 3 is 2.71 bits per heavy atom. The van der Waals surface area contributed by atoms with Crippen LogP contribution in [0.15, 0.2) is 23.0 Å². The fourth-order valence-electron chi connectivity index (χ4n) is 1.52. The summed E-state index contributed by atoms with van der Waals surface area (Å²) in [5.41, 5.74) is -0.205. The Bertz CT molecular complexity index is 662. The van der Waals surface area contributed by atoms with Crippen molar-refractivity contribution in [2.45, 2.75) is 0 Å². The standard InChI is InChI=1S/C11H8ClNO4/c1-17-10-4-7-5(2-6(10)12)9(14)3-8(13-7)11(15)16/h2-4H,1H3,(H,13,14)(H,15,16). The maximum atomic E-state index is 11.7. The Hall–Kier alpha value is -2.01. The average Bonchev–Trinajstić information content (AvgIpc) is 2.29. The second-order valence-corrected chi connectivity index (χ2v) is 3.79. The van der Waals surface area contributed by atoms with Crippen molar-refractivity contribution in [3.05, 3.63) is 39.1 Å². The number of aromatic nitrogens is 1. The van der Waals surface area contributed by atoms with Gasteiger partial charge in [0.2, 0.25) is 0 Å². The van der Waals surface area contributed by atoms with Gasteiger partial charge in [0.05, 0.1) is 17.6 Å². The quantitative estimate of drug-likeness (QED) is 0.857. The number of carboxylic acids is 1. The molecule has 0 fully saturated rings. The Balaban J connectivity index is 2.83. The third kappa shape index (κ3) is 1.97. The van der Waals surface area contributed by atoms with Crippen molar-refractivity contribution in [3.8, 4) is 5.75 Å². The maximum absolute atomic E-state index is 11.7. The first-order chi connectivity index (χ1) is 8.02. The molecule has 0 unspecified atom stereocenters. The van der Waals surface area contributed by atoms with Crippen molar-refractivity contribution in [3.63, 3.8) is 0 Å². The summed E-state index contributed by atoms with van der Waals surface area (Å²) in [4.78, 5) is 25.1. The Labute approximate surface area is 101 Å². The first kappa shape index (κ1) is 11.5. The minimum Gasteiger partial charge on any atom is -0.495 e. The van der Waals surface area contributed by atoms with Gasteiger partial charge in [0.25, 0.3) is 0 Å². The van der Waals surface area contributed by atoms with Crippen LogP contribution in [0.4, 0.5) is 0 Å². The van der Waals surface area contributed by atoms with Crippen molar-refractivity contribution in [2.24, 2.45) is 0 Å². The van der Waals surface area contributed by atoms with Gasteiger partial charge in [-0.1, -0.05) is 11.6 Å². The predicted molar refractivity (Wildman–Crippen MR) is 63.1 cm³/mol. The maximum Gasteiger partial charge on any atom is 0.352 e. The van der Waals surface area contributed by atoms with E-state index in [0.717, 1.165) is 6.07 Å². The number of nitrogens with one attached hydrogen (secondary N) is 1.